The summed E-state index contributed by atoms with van der Waals surface area (Å²) in [5.41, 5.74) is 0.968. The second-order valence-electron chi connectivity index (χ2n) is 3.32. The van der Waals surface area contributed by atoms with E-state index in [1.54, 1.807) is 25.1 Å². The van der Waals surface area contributed by atoms with Crippen molar-refractivity contribution in [3.63, 3.8) is 0 Å². The molecule has 0 spiro atoms. The number of halogens is 2. The Kier molecular flexibility index (Phi) is 2.99. The first-order valence-electron chi connectivity index (χ1n) is 4.60. The quantitative estimate of drug-likeness (QED) is 0.851. The molecule has 0 atom stereocenters. The van der Waals surface area contributed by atoms with Crippen molar-refractivity contribution in [2.75, 3.05) is 0 Å². The fraction of sp³-hybridized carbons (Fsp3) is 0.0909. The topological polar surface area (TPSA) is 45.8 Å². The molecule has 0 amide bonds. The number of benzene rings is 1. The van der Waals surface area contributed by atoms with Crippen LogP contribution in [0.1, 0.15) is 5.82 Å². The molecule has 0 unspecified atom stereocenters. The van der Waals surface area contributed by atoms with E-state index in [0.717, 1.165) is 0 Å². The molecule has 5 heteroatoms. The molecule has 1 N–H and O–H groups in total. The number of rotatable bonds is 1. The van der Waals surface area contributed by atoms with Crippen LogP contribution in [0.5, 0.6) is 0 Å². The predicted molar refractivity (Wildman–Crippen MR) is 65.1 cm³/mol. The van der Waals surface area contributed by atoms with E-state index in [9.17, 15) is 4.79 Å². The first-order valence-corrected chi connectivity index (χ1v) is 5.36. The molecule has 1 aromatic heterocycles. The van der Waals surface area contributed by atoms with Gasteiger partial charge in [-0.2, -0.15) is 0 Å². The van der Waals surface area contributed by atoms with Gasteiger partial charge in [0.05, 0.1) is 15.7 Å². The van der Waals surface area contributed by atoms with E-state index in [0.29, 0.717) is 27.1 Å². The Morgan fingerprint density at radius 2 is 2.06 bits per heavy atom. The van der Waals surface area contributed by atoms with Crippen LogP contribution in [0.3, 0.4) is 0 Å². The normalized spacial score (nSPS) is 10.4. The Bertz CT molecular complexity index is 593. The number of H-pyrrole nitrogens is 1. The summed E-state index contributed by atoms with van der Waals surface area (Å²) in [5, 5.41) is 0.848. The summed E-state index contributed by atoms with van der Waals surface area (Å²) in [6.45, 7) is 1.71. The maximum Gasteiger partial charge on any atom is 0.251 e. The molecular weight excluding hydrogens is 247 g/mol. The first-order chi connectivity index (χ1) is 7.58. The zero-order chi connectivity index (χ0) is 11.7. The molecule has 0 radical (unpaired) electrons. The molecule has 0 saturated heterocycles. The minimum absolute atomic E-state index is 0.210. The third-order valence-electron chi connectivity index (χ3n) is 2.09. The van der Waals surface area contributed by atoms with Crippen molar-refractivity contribution in [3.05, 3.63) is 50.5 Å². The van der Waals surface area contributed by atoms with E-state index in [4.69, 9.17) is 23.2 Å². The van der Waals surface area contributed by atoms with Gasteiger partial charge in [0.25, 0.3) is 5.56 Å². The highest BCUT2D eigenvalue weighted by atomic mass is 35.5. The number of aryl methyl sites for hydroxylation is 1. The van der Waals surface area contributed by atoms with Crippen LogP contribution >= 0.6 is 23.2 Å². The average molecular weight is 255 g/mol. The van der Waals surface area contributed by atoms with E-state index < -0.39 is 0 Å². The molecule has 0 bridgehead atoms. The van der Waals surface area contributed by atoms with Gasteiger partial charge in [-0.1, -0.05) is 35.3 Å². The van der Waals surface area contributed by atoms with Crippen LogP contribution in [0.25, 0.3) is 11.3 Å². The Labute approximate surface area is 102 Å². The maximum atomic E-state index is 11.3. The third kappa shape index (κ3) is 2.10. The summed E-state index contributed by atoms with van der Waals surface area (Å²) in [5.74, 6) is 0.540. The molecule has 0 aliphatic carbocycles. The molecule has 2 aromatic rings. The molecule has 0 aliphatic heterocycles. The number of hydrogen-bond donors (Lipinski definition) is 1. The number of aromatic nitrogens is 2. The number of aromatic amines is 1. The zero-order valence-electron chi connectivity index (χ0n) is 8.42. The summed E-state index contributed by atoms with van der Waals surface area (Å²) in [6, 6.07) is 6.62. The standard InChI is InChI=1S/C11H8Cl2N2O/c1-6-14-9(5-10(16)15-6)7-3-2-4-8(12)11(7)13/h2-5H,1H3,(H,14,15,16). The second-order valence-corrected chi connectivity index (χ2v) is 4.10. The van der Waals surface area contributed by atoms with Crippen LogP contribution in [-0.4, -0.2) is 9.97 Å². The number of nitrogens with zero attached hydrogens (tertiary/aromatic N) is 1. The van der Waals surface area contributed by atoms with Gasteiger partial charge in [0.15, 0.2) is 0 Å². The third-order valence-corrected chi connectivity index (χ3v) is 2.91. The largest absolute Gasteiger partial charge is 0.311 e. The second kappa shape index (κ2) is 4.28. The van der Waals surface area contributed by atoms with E-state index in [-0.39, 0.29) is 5.56 Å². The van der Waals surface area contributed by atoms with Gasteiger partial charge in [-0.15, -0.1) is 0 Å². The lowest BCUT2D eigenvalue weighted by Gasteiger charge is -2.05. The molecule has 1 heterocycles. The van der Waals surface area contributed by atoms with Gasteiger partial charge < -0.3 is 4.98 Å². The molecule has 3 nitrogen and oxygen atoms in total. The van der Waals surface area contributed by atoms with Crippen molar-refractivity contribution in [3.8, 4) is 11.3 Å². The van der Waals surface area contributed by atoms with Crippen molar-refractivity contribution in [1.82, 2.24) is 9.97 Å². The Balaban J connectivity index is 2.67. The van der Waals surface area contributed by atoms with Gasteiger partial charge in [0, 0.05) is 11.6 Å². The fourth-order valence-electron chi connectivity index (χ4n) is 1.42. The molecular formula is C11H8Cl2N2O. The van der Waals surface area contributed by atoms with E-state index in [1.165, 1.54) is 6.07 Å². The van der Waals surface area contributed by atoms with E-state index in [2.05, 4.69) is 9.97 Å². The maximum absolute atomic E-state index is 11.3. The fourth-order valence-corrected chi connectivity index (χ4v) is 1.82. The lowest BCUT2D eigenvalue weighted by atomic mass is 10.1. The van der Waals surface area contributed by atoms with Crippen LogP contribution < -0.4 is 5.56 Å². The van der Waals surface area contributed by atoms with Gasteiger partial charge in [0.1, 0.15) is 5.82 Å². The van der Waals surface area contributed by atoms with Gasteiger partial charge in [-0.3, -0.25) is 4.79 Å². The zero-order valence-corrected chi connectivity index (χ0v) is 9.93. The highest BCUT2D eigenvalue weighted by Gasteiger charge is 2.08. The van der Waals surface area contributed by atoms with Crippen LogP contribution in [0.2, 0.25) is 10.0 Å². The number of nitrogens with one attached hydrogen (secondary N) is 1. The Hall–Kier alpha value is -1.32. The Morgan fingerprint density at radius 1 is 1.31 bits per heavy atom. The molecule has 0 aliphatic rings. The molecule has 2 rings (SSSR count). The SMILES string of the molecule is Cc1nc(-c2cccc(Cl)c2Cl)cc(=O)[nH]1. The van der Waals surface area contributed by atoms with Crippen LogP contribution in [-0.2, 0) is 0 Å². The van der Waals surface area contributed by atoms with Gasteiger partial charge in [-0.25, -0.2) is 4.98 Å². The smallest absolute Gasteiger partial charge is 0.251 e. The van der Waals surface area contributed by atoms with E-state index >= 15 is 0 Å². The lowest BCUT2D eigenvalue weighted by molar-refractivity contribution is 1.02. The average Bonchev–Trinajstić information content (AvgIpc) is 2.20. The summed E-state index contributed by atoms with van der Waals surface area (Å²) in [4.78, 5) is 18.1. The highest BCUT2D eigenvalue weighted by molar-refractivity contribution is 6.43. The number of hydrogen-bond acceptors (Lipinski definition) is 2. The lowest BCUT2D eigenvalue weighted by Crippen LogP contribution is -2.08. The van der Waals surface area contributed by atoms with Crippen LogP contribution in [0, 0.1) is 6.92 Å². The first kappa shape index (κ1) is 11.2. The summed E-state index contributed by atoms with van der Waals surface area (Å²) in [7, 11) is 0. The molecule has 1 aromatic carbocycles. The van der Waals surface area contributed by atoms with E-state index in [1.807, 2.05) is 0 Å². The minimum atomic E-state index is -0.210. The summed E-state index contributed by atoms with van der Waals surface area (Å²) < 4.78 is 0. The van der Waals surface area contributed by atoms with Crippen molar-refractivity contribution in [2.24, 2.45) is 0 Å². The minimum Gasteiger partial charge on any atom is -0.311 e. The van der Waals surface area contributed by atoms with Gasteiger partial charge in [0.2, 0.25) is 0 Å². The van der Waals surface area contributed by atoms with Gasteiger partial charge in [-0.05, 0) is 13.0 Å². The summed E-state index contributed by atoms with van der Waals surface area (Å²) >= 11 is 11.9. The molecule has 82 valence electrons. The molecule has 0 saturated carbocycles. The predicted octanol–water partition coefficient (Wildman–Crippen LogP) is 3.05. The van der Waals surface area contributed by atoms with Crippen LogP contribution in [0.4, 0.5) is 0 Å². The monoisotopic (exact) mass is 254 g/mol. The van der Waals surface area contributed by atoms with Crippen molar-refractivity contribution in [1.29, 1.82) is 0 Å². The highest BCUT2D eigenvalue weighted by Crippen LogP contribution is 2.31. The van der Waals surface area contributed by atoms with Crippen molar-refractivity contribution in [2.45, 2.75) is 6.92 Å². The Morgan fingerprint density at radius 3 is 2.75 bits per heavy atom. The van der Waals surface area contributed by atoms with Crippen LogP contribution in [0.15, 0.2) is 29.1 Å². The molecule has 0 fully saturated rings. The van der Waals surface area contributed by atoms with Crippen molar-refractivity contribution < 1.29 is 0 Å². The molecule has 16 heavy (non-hydrogen) atoms. The van der Waals surface area contributed by atoms with Crippen molar-refractivity contribution >= 4 is 23.2 Å². The van der Waals surface area contributed by atoms with Gasteiger partial charge >= 0.3 is 0 Å². The summed E-state index contributed by atoms with van der Waals surface area (Å²) in [6.07, 6.45) is 0.